The number of nitriles is 5. The molecule has 0 heterocycles. The van der Waals surface area contributed by atoms with Crippen molar-refractivity contribution < 1.29 is 0 Å². The van der Waals surface area contributed by atoms with E-state index in [-0.39, 0.29) is 17.8 Å². The molecule has 0 spiro atoms. The smallest absolute Gasteiger partial charge is 0.177 e. The van der Waals surface area contributed by atoms with Crippen molar-refractivity contribution >= 4 is 15.9 Å². The average molecular weight is 453 g/mol. The maximum atomic E-state index is 10.2. The standard InChI is InChI=1S/C23H13BrN6/c24-19-8-4-7-17(9-19)20-22(13-27,14-28)23(20,15-29)21(18(10-25)11-26)30-12-16-5-2-1-3-6-16/h1-9,20,30H,12H2/t20-,23+/m1/s1. The second-order valence-corrected chi connectivity index (χ2v) is 7.67. The molecular formula is C23H13BrN6. The van der Waals surface area contributed by atoms with E-state index < -0.39 is 16.7 Å². The number of allylic oxidation sites excluding steroid dienone is 2. The number of halogens is 1. The number of hydrogen-bond donors (Lipinski definition) is 1. The molecule has 142 valence electrons. The molecule has 1 aliphatic rings. The van der Waals surface area contributed by atoms with Gasteiger partial charge in [-0.3, -0.25) is 0 Å². The van der Waals surface area contributed by atoms with Gasteiger partial charge in [-0.25, -0.2) is 0 Å². The summed E-state index contributed by atoms with van der Waals surface area (Å²) in [5.41, 5.74) is -2.26. The third-order valence-electron chi connectivity index (χ3n) is 5.30. The first kappa shape index (κ1) is 20.6. The van der Waals surface area contributed by atoms with Crippen molar-refractivity contribution in [1.29, 1.82) is 26.3 Å². The quantitative estimate of drug-likeness (QED) is 0.676. The first-order valence-corrected chi connectivity index (χ1v) is 9.66. The van der Waals surface area contributed by atoms with Crippen molar-refractivity contribution in [3.63, 3.8) is 0 Å². The molecule has 3 rings (SSSR count). The molecule has 0 aliphatic heterocycles. The van der Waals surface area contributed by atoms with Crippen LogP contribution in [-0.4, -0.2) is 0 Å². The molecule has 1 N–H and O–H groups in total. The molecule has 0 aromatic heterocycles. The molecule has 0 bridgehead atoms. The predicted octanol–water partition coefficient (Wildman–Crippen LogP) is 4.18. The zero-order valence-electron chi connectivity index (χ0n) is 15.6. The van der Waals surface area contributed by atoms with Gasteiger partial charge in [0.25, 0.3) is 0 Å². The van der Waals surface area contributed by atoms with Crippen LogP contribution in [0, 0.1) is 67.5 Å². The van der Waals surface area contributed by atoms with Gasteiger partial charge in [-0.1, -0.05) is 58.4 Å². The van der Waals surface area contributed by atoms with Crippen LogP contribution in [-0.2, 0) is 6.54 Å². The Bertz CT molecular complexity index is 1200. The average Bonchev–Trinajstić information content (AvgIpc) is 3.40. The lowest BCUT2D eigenvalue weighted by atomic mass is 9.89. The van der Waals surface area contributed by atoms with Crippen LogP contribution < -0.4 is 5.32 Å². The second-order valence-electron chi connectivity index (χ2n) is 6.75. The van der Waals surface area contributed by atoms with E-state index in [1.165, 1.54) is 0 Å². The second kappa shape index (κ2) is 8.11. The summed E-state index contributed by atoms with van der Waals surface area (Å²) < 4.78 is 0.729. The highest BCUT2D eigenvalue weighted by Crippen LogP contribution is 2.76. The number of nitrogens with one attached hydrogen (secondary N) is 1. The molecule has 0 saturated heterocycles. The number of rotatable bonds is 5. The SMILES string of the molecule is N#CC(C#N)=C(NCc1ccccc1)[C@]1(C#N)[C@H](c2cccc(Br)c2)C1(C#N)C#N. The molecule has 2 aromatic carbocycles. The van der Waals surface area contributed by atoms with E-state index in [0.717, 1.165) is 10.0 Å². The topological polar surface area (TPSA) is 131 Å². The Morgan fingerprint density at radius 3 is 2.10 bits per heavy atom. The third kappa shape index (κ3) is 2.98. The van der Waals surface area contributed by atoms with Crippen molar-refractivity contribution in [2.75, 3.05) is 0 Å². The lowest BCUT2D eigenvalue weighted by Gasteiger charge is -2.18. The van der Waals surface area contributed by atoms with Crippen LogP contribution in [0.15, 0.2) is 70.3 Å². The first-order valence-electron chi connectivity index (χ1n) is 8.86. The van der Waals surface area contributed by atoms with E-state index in [0.29, 0.717) is 5.56 Å². The summed E-state index contributed by atoms with van der Waals surface area (Å²) in [7, 11) is 0. The third-order valence-corrected chi connectivity index (χ3v) is 5.79. The van der Waals surface area contributed by atoms with Gasteiger partial charge in [0.1, 0.15) is 23.1 Å². The van der Waals surface area contributed by atoms with Crippen molar-refractivity contribution in [2.24, 2.45) is 10.8 Å². The summed E-state index contributed by atoms with van der Waals surface area (Å²) in [5, 5.41) is 52.2. The molecule has 2 aromatic rings. The van der Waals surface area contributed by atoms with Crippen LogP contribution in [0.4, 0.5) is 0 Å². The molecule has 0 radical (unpaired) electrons. The lowest BCUT2D eigenvalue weighted by Crippen LogP contribution is -2.26. The van der Waals surface area contributed by atoms with E-state index in [1.54, 1.807) is 24.3 Å². The Labute approximate surface area is 182 Å². The fourth-order valence-electron chi connectivity index (χ4n) is 3.89. The van der Waals surface area contributed by atoms with Gasteiger partial charge in [0.05, 0.1) is 23.9 Å². The summed E-state index contributed by atoms with van der Waals surface area (Å²) in [5.74, 6) is -0.822. The number of nitrogens with zero attached hydrogens (tertiary/aromatic N) is 5. The van der Waals surface area contributed by atoms with Gasteiger partial charge < -0.3 is 5.32 Å². The Kier molecular flexibility index (Phi) is 5.58. The van der Waals surface area contributed by atoms with Gasteiger partial charge in [-0.15, -0.1) is 0 Å². The molecule has 7 heteroatoms. The molecular weight excluding hydrogens is 440 g/mol. The van der Waals surface area contributed by atoms with Gasteiger partial charge >= 0.3 is 0 Å². The van der Waals surface area contributed by atoms with Crippen LogP contribution in [0.5, 0.6) is 0 Å². The molecule has 0 amide bonds. The zero-order valence-corrected chi connectivity index (χ0v) is 17.2. The Morgan fingerprint density at radius 2 is 1.57 bits per heavy atom. The predicted molar refractivity (Wildman–Crippen MR) is 110 cm³/mol. The van der Waals surface area contributed by atoms with Gasteiger partial charge in [-0.05, 0) is 23.3 Å². The highest BCUT2D eigenvalue weighted by atomic mass is 79.9. The summed E-state index contributed by atoms with van der Waals surface area (Å²) in [6, 6.07) is 26.0. The van der Waals surface area contributed by atoms with Crippen molar-refractivity contribution in [1.82, 2.24) is 5.32 Å². The van der Waals surface area contributed by atoms with Gasteiger partial charge in [-0.2, -0.15) is 26.3 Å². The van der Waals surface area contributed by atoms with E-state index in [4.69, 9.17) is 0 Å². The maximum Gasteiger partial charge on any atom is 0.177 e. The normalized spacial score (nSPS) is 20.2. The zero-order chi connectivity index (χ0) is 21.8. The minimum Gasteiger partial charge on any atom is -0.381 e. The molecule has 1 aliphatic carbocycles. The van der Waals surface area contributed by atoms with Crippen LogP contribution in [0.25, 0.3) is 0 Å². The van der Waals surface area contributed by atoms with Gasteiger partial charge in [0.2, 0.25) is 0 Å². The summed E-state index contributed by atoms with van der Waals surface area (Å²) in [4.78, 5) is 0. The van der Waals surface area contributed by atoms with Crippen LogP contribution >= 0.6 is 15.9 Å². The first-order chi connectivity index (χ1) is 14.5. The monoisotopic (exact) mass is 452 g/mol. The Morgan fingerprint density at radius 1 is 0.900 bits per heavy atom. The van der Waals surface area contributed by atoms with E-state index in [9.17, 15) is 26.3 Å². The molecule has 2 atom stereocenters. The molecule has 1 fully saturated rings. The highest BCUT2D eigenvalue weighted by molar-refractivity contribution is 9.10. The number of benzene rings is 2. The van der Waals surface area contributed by atoms with Gasteiger partial charge in [0, 0.05) is 16.9 Å². The summed E-state index contributed by atoms with van der Waals surface area (Å²) in [6.45, 7) is 0.227. The largest absolute Gasteiger partial charge is 0.381 e. The van der Waals surface area contributed by atoms with Crippen molar-refractivity contribution in [3.05, 3.63) is 81.5 Å². The lowest BCUT2D eigenvalue weighted by molar-refractivity contribution is 0.592. The van der Waals surface area contributed by atoms with E-state index >= 15 is 0 Å². The van der Waals surface area contributed by atoms with Crippen molar-refractivity contribution in [2.45, 2.75) is 12.5 Å². The van der Waals surface area contributed by atoms with E-state index in [1.807, 2.05) is 54.6 Å². The highest BCUT2D eigenvalue weighted by Gasteiger charge is 2.82. The van der Waals surface area contributed by atoms with E-state index in [2.05, 4.69) is 27.3 Å². The fraction of sp³-hybridized carbons (Fsp3) is 0.174. The number of hydrogen-bond acceptors (Lipinski definition) is 6. The minimum atomic E-state index is -1.74. The maximum absolute atomic E-state index is 10.2. The molecule has 0 unspecified atom stereocenters. The molecule has 30 heavy (non-hydrogen) atoms. The summed E-state index contributed by atoms with van der Waals surface area (Å²) in [6.07, 6.45) is 0. The minimum absolute atomic E-state index is 0.00642. The van der Waals surface area contributed by atoms with Crippen LogP contribution in [0.1, 0.15) is 17.0 Å². The molecule has 1 saturated carbocycles. The van der Waals surface area contributed by atoms with Crippen molar-refractivity contribution in [3.8, 4) is 30.3 Å². The molecule has 6 nitrogen and oxygen atoms in total. The van der Waals surface area contributed by atoms with Gasteiger partial charge in [0.15, 0.2) is 5.41 Å². The van der Waals surface area contributed by atoms with Crippen LogP contribution in [0.3, 0.4) is 0 Å². The summed E-state index contributed by atoms with van der Waals surface area (Å²) >= 11 is 3.37. The Balaban J connectivity index is 2.19. The van der Waals surface area contributed by atoms with Crippen LogP contribution in [0.2, 0.25) is 0 Å². The fourth-order valence-corrected chi connectivity index (χ4v) is 4.31. The Hall–Kier alpha value is -4.09.